The van der Waals surface area contributed by atoms with Crippen molar-refractivity contribution in [2.45, 2.75) is 19.4 Å². The van der Waals surface area contributed by atoms with Crippen LogP contribution in [0.25, 0.3) is 0 Å². The molecule has 0 aromatic heterocycles. The molecule has 2 N–H and O–H groups in total. The van der Waals surface area contributed by atoms with Gasteiger partial charge in [0.05, 0.1) is 6.26 Å². The van der Waals surface area contributed by atoms with E-state index in [1.165, 1.54) is 12.1 Å². The first-order chi connectivity index (χ1) is 11.3. The summed E-state index contributed by atoms with van der Waals surface area (Å²) >= 11 is 0. The van der Waals surface area contributed by atoms with E-state index in [0.29, 0.717) is 18.7 Å². The molecule has 0 saturated carbocycles. The number of hydrogen-bond acceptors (Lipinski definition) is 3. The number of amides is 1. The number of halogens is 1. The Kier molecular flexibility index (Phi) is 5.92. The number of carbonyl (C=O) groups is 1. The SMILES string of the molecule is CS(=O)(=O)Nc1cccc(CNC(=O)CCc2cccc(F)c2)c1. The molecule has 1 amide bonds. The van der Waals surface area contributed by atoms with Gasteiger partial charge in [0.25, 0.3) is 0 Å². The molecule has 0 aliphatic heterocycles. The number of anilines is 1. The fourth-order valence-corrected chi connectivity index (χ4v) is 2.75. The summed E-state index contributed by atoms with van der Waals surface area (Å²) in [4.78, 5) is 11.9. The minimum absolute atomic E-state index is 0.152. The highest BCUT2D eigenvalue weighted by atomic mass is 32.2. The second kappa shape index (κ2) is 7.92. The molecule has 0 atom stereocenters. The molecule has 0 saturated heterocycles. The van der Waals surface area contributed by atoms with Gasteiger partial charge >= 0.3 is 0 Å². The molecular weight excluding hydrogens is 331 g/mol. The Hall–Kier alpha value is -2.41. The molecule has 0 radical (unpaired) electrons. The molecule has 2 aromatic carbocycles. The van der Waals surface area contributed by atoms with E-state index in [-0.39, 0.29) is 18.1 Å². The van der Waals surface area contributed by atoms with Crippen LogP contribution in [0.1, 0.15) is 17.5 Å². The molecule has 0 aliphatic carbocycles. The zero-order valence-corrected chi connectivity index (χ0v) is 14.1. The van der Waals surface area contributed by atoms with Gasteiger partial charge in [-0.15, -0.1) is 0 Å². The van der Waals surface area contributed by atoms with Crippen LogP contribution in [0.5, 0.6) is 0 Å². The largest absolute Gasteiger partial charge is 0.352 e. The van der Waals surface area contributed by atoms with Crippen LogP contribution in [0, 0.1) is 5.82 Å². The third kappa shape index (κ3) is 6.37. The summed E-state index contributed by atoms with van der Waals surface area (Å²) in [6.07, 6.45) is 1.79. The van der Waals surface area contributed by atoms with Gasteiger partial charge in [-0.1, -0.05) is 24.3 Å². The van der Waals surface area contributed by atoms with E-state index in [1.54, 1.807) is 36.4 Å². The van der Waals surface area contributed by atoms with Gasteiger partial charge in [-0.2, -0.15) is 0 Å². The molecule has 128 valence electrons. The van der Waals surface area contributed by atoms with Gasteiger partial charge in [0.2, 0.25) is 15.9 Å². The summed E-state index contributed by atoms with van der Waals surface area (Å²) in [5.74, 6) is -0.469. The molecular formula is C17H19FN2O3S. The van der Waals surface area contributed by atoms with Crippen LogP contribution in [0.4, 0.5) is 10.1 Å². The minimum atomic E-state index is -3.34. The van der Waals surface area contributed by atoms with Crippen LogP contribution in [0.3, 0.4) is 0 Å². The van der Waals surface area contributed by atoms with E-state index in [1.807, 2.05) is 0 Å². The first-order valence-corrected chi connectivity index (χ1v) is 9.29. The maximum atomic E-state index is 13.1. The predicted octanol–water partition coefficient (Wildman–Crippen LogP) is 2.45. The molecule has 0 unspecified atom stereocenters. The Morgan fingerprint density at radius 3 is 2.50 bits per heavy atom. The molecule has 0 heterocycles. The molecule has 0 spiro atoms. The molecule has 0 bridgehead atoms. The molecule has 2 aromatic rings. The van der Waals surface area contributed by atoms with Gasteiger partial charge in [-0.3, -0.25) is 9.52 Å². The Bertz CT molecular complexity index is 822. The Balaban J connectivity index is 1.84. The van der Waals surface area contributed by atoms with E-state index in [9.17, 15) is 17.6 Å². The van der Waals surface area contributed by atoms with E-state index >= 15 is 0 Å². The highest BCUT2D eigenvalue weighted by Gasteiger charge is 2.05. The Morgan fingerprint density at radius 2 is 1.79 bits per heavy atom. The Morgan fingerprint density at radius 1 is 1.08 bits per heavy atom. The monoisotopic (exact) mass is 350 g/mol. The van der Waals surface area contributed by atoms with Crippen molar-refractivity contribution in [3.05, 3.63) is 65.5 Å². The minimum Gasteiger partial charge on any atom is -0.352 e. The van der Waals surface area contributed by atoms with E-state index < -0.39 is 10.0 Å². The van der Waals surface area contributed by atoms with Crippen molar-refractivity contribution in [1.29, 1.82) is 0 Å². The number of aryl methyl sites for hydroxylation is 1. The lowest BCUT2D eigenvalue weighted by atomic mass is 10.1. The fourth-order valence-electron chi connectivity index (χ4n) is 2.20. The van der Waals surface area contributed by atoms with Crippen molar-refractivity contribution < 1.29 is 17.6 Å². The first-order valence-electron chi connectivity index (χ1n) is 7.40. The van der Waals surface area contributed by atoms with E-state index in [4.69, 9.17) is 0 Å². The summed E-state index contributed by atoms with van der Waals surface area (Å²) in [6.45, 7) is 0.293. The molecule has 24 heavy (non-hydrogen) atoms. The van der Waals surface area contributed by atoms with Crippen molar-refractivity contribution in [2.24, 2.45) is 0 Å². The van der Waals surface area contributed by atoms with Crippen LogP contribution in [0.15, 0.2) is 48.5 Å². The second-order valence-electron chi connectivity index (χ2n) is 5.48. The molecule has 5 nitrogen and oxygen atoms in total. The molecule has 2 rings (SSSR count). The van der Waals surface area contributed by atoms with Crippen molar-refractivity contribution in [3.8, 4) is 0 Å². The number of rotatable bonds is 7. The van der Waals surface area contributed by atoms with Gasteiger partial charge in [-0.25, -0.2) is 12.8 Å². The smallest absolute Gasteiger partial charge is 0.229 e. The van der Waals surface area contributed by atoms with Crippen LogP contribution < -0.4 is 10.0 Å². The lowest BCUT2D eigenvalue weighted by molar-refractivity contribution is -0.121. The lowest BCUT2D eigenvalue weighted by Gasteiger charge is -2.08. The van der Waals surface area contributed by atoms with Crippen LogP contribution in [0.2, 0.25) is 0 Å². The number of hydrogen-bond donors (Lipinski definition) is 2. The van der Waals surface area contributed by atoms with Crippen LogP contribution in [-0.4, -0.2) is 20.6 Å². The van der Waals surface area contributed by atoms with Crippen molar-refractivity contribution in [2.75, 3.05) is 11.0 Å². The Labute approximate surface area is 141 Å². The van der Waals surface area contributed by atoms with Gasteiger partial charge in [0, 0.05) is 18.7 Å². The summed E-state index contributed by atoms with van der Waals surface area (Å²) < 4.78 is 37.9. The van der Waals surface area contributed by atoms with Crippen molar-refractivity contribution in [1.82, 2.24) is 5.32 Å². The van der Waals surface area contributed by atoms with Gasteiger partial charge in [-0.05, 0) is 41.8 Å². The van der Waals surface area contributed by atoms with Crippen LogP contribution >= 0.6 is 0 Å². The zero-order valence-electron chi connectivity index (χ0n) is 13.3. The standard InChI is InChI=1S/C17H19FN2O3S/c1-24(22,23)20-16-7-3-5-14(11-16)12-19-17(21)9-8-13-4-2-6-15(18)10-13/h2-7,10-11,20H,8-9,12H2,1H3,(H,19,21). The van der Waals surface area contributed by atoms with Crippen LogP contribution in [-0.2, 0) is 27.8 Å². The van der Waals surface area contributed by atoms with E-state index in [0.717, 1.165) is 17.4 Å². The lowest BCUT2D eigenvalue weighted by Crippen LogP contribution is -2.23. The second-order valence-corrected chi connectivity index (χ2v) is 7.23. The number of carbonyl (C=O) groups excluding carboxylic acids is 1. The molecule has 0 aliphatic rings. The topological polar surface area (TPSA) is 75.3 Å². The van der Waals surface area contributed by atoms with Crippen molar-refractivity contribution >= 4 is 21.6 Å². The molecule has 7 heteroatoms. The quantitative estimate of drug-likeness (QED) is 0.805. The summed E-state index contributed by atoms with van der Waals surface area (Å²) in [7, 11) is -3.34. The third-order valence-corrected chi connectivity index (χ3v) is 3.86. The number of sulfonamides is 1. The fraction of sp³-hybridized carbons (Fsp3) is 0.235. The highest BCUT2D eigenvalue weighted by molar-refractivity contribution is 7.92. The van der Waals surface area contributed by atoms with Gasteiger partial charge in [0.1, 0.15) is 5.82 Å². The average molecular weight is 350 g/mol. The van der Waals surface area contributed by atoms with Crippen molar-refractivity contribution in [3.63, 3.8) is 0 Å². The average Bonchev–Trinajstić information content (AvgIpc) is 2.50. The predicted molar refractivity (Wildman–Crippen MR) is 91.5 cm³/mol. The molecule has 0 fully saturated rings. The van der Waals surface area contributed by atoms with E-state index in [2.05, 4.69) is 10.0 Å². The number of benzene rings is 2. The summed E-state index contributed by atoms with van der Waals surface area (Å²) in [6, 6.07) is 13.0. The normalized spacial score (nSPS) is 11.1. The number of nitrogens with one attached hydrogen (secondary N) is 2. The van der Waals surface area contributed by atoms with Gasteiger partial charge in [0.15, 0.2) is 0 Å². The zero-order chi connectivity index (χ0) is 17.6. The first kappa shape index (κ1) is 17.9. The summed E-state index contributed by atoms with van der Waals surface area (Å²) in [5.41, 5.74) is 2.00. The third-order valence-electron chi connectivity index (χ3n) is 3.25. The maximum Gasteiger partial charge on any atom is 0.229 e. The maximum absolute atomic E-state index is 13.1. The van der Waals surface area contributed by atoms with Gasteiger partial charge < -0.3 is 5.32 Å². The highest BCUT2D eigenvalue weighted by Crippen LogP contribution is 2.12. The summed E-state index contributed by atoms with van der Waals surface area (Å²) in [5, 5.41) is 2.76.